The van der Waals surface area contributed by atoms with Gasteiger partial charge in [0.25, 0.3) is 0 Å². The Bertz CT molecular complexity index is 1020. The quantitative estimate of drug-likeness (QED) is 0.508. The highest BCUT2D eigenvalue weighted by Gasteiger charge is 2.29. The molecule has 5 heteroatoms. The Labute approximate surface area is 174 Å². The minimum absolute atomic E-state index is 0.239. The molecule has 0 N–H and O–H groups in total. The molecule has 2 aromatic carbocycles. The van der Waals surface area contributed by atoms with Crippen molar-refractivity contribution in [2.75, 3.05) is 6.54 Å². The summed E-state index contributed by atoms with van der Waals surface area (Å²) in [6.07, 6.45) is 0.588. The number of rotatable bonds is 2. The molecule has 0 spiro atoms. The molecule has 28 heavy (non-hydrogen) atoms. The van der Waals surface area contributed by atoms with Crippen molar-refractivity contribution in [3.63, 3.8) is 0 Å². The van der Waals surface area contributed by atoms with Crippen LogP contribution in [0.1, 0.15) is 37.6 Å². The van der Waals surface area contributed by atoms with Crippen molar-refractivity contribution in [2.45, 2.75) is 45.9 Å². The zero-order valence-electron chi connectivity index (χ0n) is 16.5. The van der Waals surface area contributed by atoms with Crippen LogP contribution in [0.2, 0.25) is 0 Å². The molecule has 1 aliphatic rings. The zero-order chi connectivity index (χ0) is 19.9. The summed E-state index contributed by atoms with van der Waals surface area (Å²) < 4.78 is 9.05. The minimum atomic E-state index is -0.484. The van der Waals surface area contributed by atoms with Crippen LogP contribution < -0.4 is 0 Å². The van der Waals surface area contributed by atoms with E-state index in [2.05, 4.69) is 63.0 Å². The number of aromatic nitrogens is 1. The highest BCUT2D eigenvalue weighted by Crippen LogP contribution is 2.34. The van der Waals surface area contributed by atoms with E-state index >= 15 is 0 Å². The molecule has 1 aromatic heterocycles. The first-order valence-corrected chi connectivity index (χ1v) is 10.4. The lowest BCUT2D eigenvalue weighted by atomic mass is 10.0. The number of amides is 1. The number of halogens is 1. The maximum Gasteiger partial charge on any atom is 0.410 e. The number of carbonyl (C=O) groups is 1. The van der Waals surface area contributed by atoms with E-state index in [4.69, 9.17) is 4.74 Å². The van der Waals surface area contributed by atoms with Crippen LogP contribution in [0, 0.1) is 0 Å². The Morgan fingerprint density at radius 1 is 1.14 bits per heavy atom. The third-order valence-electron chi connectivity index (χ3n) is 5.05. The van der Waals surface area contributed by atoms with Gasteiger partial charge in [-0.05, 0) is 44.5 Å². The van der Waals surface area contributed by atoms with Crippen LogP contribution in [-0.4, -0.2) is 27.7 Å². The van der Waals surface area contributed by atoms with Gasteiger partial charge in [-0.2, -0.15) is 0 Å². The summed E-state index contributed by atoms with van der Waals surface area (Å²) in [5, 5.41) is 1.20. The number of benzene rings is 2. The molecular weight excluding hydrogens is 416 g/mol. The van der Waals surface area contributed by atoms with Crippen LogP contribution in [0.4, 0.5) is 4.79 Å². The highest BCUT2D eigenvalue weighted by atomic mass is 79.9. The van der Waals surface area contributed by atoms with Crippen LogP contribution in [0.3, 0.4) is 0 Å². The summed E-state index contributed by atoms with van der Waals surface area (Å²) in [4.78, 5) is 14.4. The van der Waals surface area contributed by atoms with Crippen molar-refractivity contribution in [2.24, 2.45) is 0 Å². The van der Waals surface area contributed by atoms with Gasteiger partial charge in [0.15, 0.2) is 0 Å². The number of fused-ring (bicyclic) bond motifs is 3. The molecule has 0 unspecified atom stereocenters. The van der Waals surface area contributed by atoms with Gasteiger partial charge in [0, 0.05) is 46.1 Å². The predicted octanol–water partition coefficient (Wildman–Crippen LogP) is 5.75. The molecule has 0 fully saturated rings. The molecule has 4 nitrogen and oxygen atoms in total. The Balaban J connectivity index is 1.73. The molecule has 0 saturated carbocycles. The summed E-state index contributed by atoms with van der Waals surface area (Å²) in [5.74, 6) is 0. The summed E-state index contributed by atoms with van der Waals surface area (Å²) in [7, 11) is 0. The van der Waals surface area contributed by atoms with E-state index in [9.17, 15) is 4.79 Å². The van der Waals surface area contributed by atoms with Crippen LogP contribution in [-0.2, 0) is 24.2 Å². The van der Waals surface area contributed by atoms with Crippen molar-refractivity contribution in [1.29, 1.82) is 0 Å². The van der Waals surface area contributed by atoms with Crippen LogP contribution in [0.15, 0.2) is 53.0 Å². The summed E-state index contributed by atoms with van der Waals surface area (Å²) >= 11 is 3.61. The van der Waals surface area contributed by atoms with Crippen molar-refractivity contribution >= 4 is 32.9 Å². The molecule has 146 valence electrons. The standard InChI is InChI=1S/C23H25BrN2O2/c1-23(2,3)28-22(27)25-12-11-21-19(15-25)18-13-17(24)9-10-20(18)26(21)14-16-7-5-4-6-8-16/h4-10,13H,11-12,14-15H2,1-3H3. The fraction of sp³-hybridized carbons (Fsp3) is 0.348. The van der Waals surface area contributed by atoms with Gasteiger partial charge in [-0.3, -0.25) is 0 Å². The smallest absolute Gasteiger partial charge is 0.410 e. The topological polar surface area (TPSA) is 34.5 Å². The molecule has 0 atom stereocenters. The molecule has 0 aliphatic carbocycles. The first-order valence-electron chi connectivity index (χ1n) is 9.63. The molecule has 3 aromatic rings. The molecule has 4 rings (SSSR count). The lowest BCUT2D eigenvalue weighted by Gasteiger charge is -2.30. The number of carbonyl (C=O) groups excluding carboxylic acids is 1. The second-order valence-electron chi connectivity index (χ2n) is 8.31. The SMILES string of the molecule is CC(C)(C)OC(=O)N1CCc2c(c3cc(Br)ccc3n2Cc2ccccc2)C1. The van der Waals surface area contributed by atoms with E-state index in [0.29, 0.717) is 13.1 Å². The monoisotopic (exact) mass is 440 g/mol. The van der Waals surface area contributed by atoms with Gasteiger partial charge in [-0.25, -0.2) is 4.79 Å². The van der Waals surface area contributed by atoms with Gasteiger partial charge < -0.3 is 14.2 Å². The predicted molar refractivity (Wildman–Crippen MR) is 116 cm³/mol. The summed E-state index contributed by atoms with van der Waals surface area (Å²) in [6, 6.07) is 16.9. The van der Waals surface area contributed by atoms with E-state index in [1.165, 1.54) is 27.7 Å². The minimum Gasteiger partial charge on any atom is -0.444 e. The average Bonchev–Trinajstić information content (AvgIpc) is 2.94. The van der Waals surface area contributed by atoms with Gasteiger partial charge >= 0.3 is 6.09 Å². The second-order valence-corrected chi connectivity index (χ2v) is 9.23. The van der Waals surface area contributed by atoms with E-state index in [1.54, 1.807) is 0 Å². The first-order chi connectivity index (χ1) is 13.3. The Kier molecular flexibility index (Phi) is 4.96. The molecule has 2 heterocycles. The van der Waals surface area contributed by atoms with Crippen molar-refractivity contribution < 1.29 is 9.53 Å². The van der Waals surface area contributed by atoms with E-state index in [0.717, 1.165) is 17.4 Å². The highest BCUT2D eigenvalue weighted by molar-refractivity contribution is 9.10. The van der Waals surface area contributed by atoms with Crippen LogP contribution in [0.25, 0.3) is 10.9 Å². The van der Waals surface area contributed by atoms with Crippen LogP contribution in [0.5, 0.6) is 0 Å². The number of hydrogen-bond acceptors (Lipinski definition) is 2. The van der Waals surface area contributed by atoms with Crippen LogP contribution >= 0.6 is 15.9 Å². The van der Waals surface area contributed by atoms with Gasteiger partial charge in [0.1, 0.15) is 5.60 Å². The molecule has 1 aliphatic heterocycles. The van der Waals surface area contributed by atoms with Crippen molar-refractivity contribution in [3.05, 3.63) is 69.8 Å². The number of hydrogen-bond donors (Lipinski definition) is 0. The fourth-order valence-electron chi connectivity index (χ4n) is 3.85. The molecular formula is C23H25BrN2O2. The van der Waals surface area contributed by atoms with E-state index in [1.807, 2.05) is 31.7 Å². The second kappa shape index (κ2) is 7.28. The Morgan fingerprint density at radius 2 is 1.89 bits per heavy atom. The van der Waals surface area contributed by atoms with Crippen molar-refractivity contribution in [3.8, 4) is 0 Å². The van der Waals surface area contributed by atoms with Gasteiger partial charge in [0.2, 0.25) is 0 Å². The summed E-state index contributed by atoms with van der Waals surface area (Å²) in [5.41, 5.74) is 4.55. The van der Waals surface area contributed by atoms with Gasteiger partial charge in [-0.1, -0.05) is 46.3 Å². The third-order valence-corrected chi connectivity index (χ3v) is 5.54. The maximum atomic E-state index is 12.6. The van der Waals surface area contributed by atoms with Gasteiger partial charge in [0.05, 0.1) is 6.54 Å². The summed E-state index contributed by atoms with van der Waals surface area (Å²) in [6.45, 7) is 7.81. The molecule has 0 radical (unpaired) electrons. The zero-order valence-corrected chi connectivity index (χ0v) is 18.1. The number of ether oxygens (including phenoxy) is 1. The number of nitrogens with zero attached hydrogens (tertiary/aromatic N) is 2. The first kappa shape index (κ1) is 19.1. The maximum absolute atomic E-state index is 12.6. The third kappa shape index (κ3) is 3.81. The van der Waals surface area contributed by atoms with E-state index in [-0.39, 0.29) is 6.09 Å². The van der Waals surface area contributed by atoms with E-state index < -0.39 is 5.60 Å². The van der Waals surface area contributed by atoms with Gasteiger partial charge in [-0.15, -0.1) is 0 Å². The molecule has 0 saturated heterocycles. The molecule has 1 amide bonds. The fourth-order valence-corrected chi connectivity index (χ4v) is 4.21. The Morgan fingerprint density at radius 3 is 2.61 bits per heavy atom. The molecule has 0 bridgehead atoms. The normalized spacial score (nSPS) is 14.2. The average molecular weight is 441 g/mol. The lowest BCUT2D eigenvalue weighted by Crippen LogP contribution is -2.40. The van der Waals surface area contributed by atoms with Crippen molar-refractivity contribution in [1.82, 2.24) is 9.47 Å². The lowest BCUT2D eigenvalue weighted by molar-refractivity contribution is 0.0223. The largest absolute Gasteiger partial charge is 0.444 e. The Hall–Kier alpha value is -2.27.